The Bertz CT molecular complexity index is 1230. The van der Waals surface area contributed by atoms with Gasteiger partial charge in [-0.15, -0.1) is 23.1 Å². The van der Waals surface area contributed by atoms with Crippen LogP contribution in [0.1, 0.15) is 34.7 Å². The molecule has 2 N–H and O–H groups in total. The zero-order valence-corrected chi connectivity index (χ0v) is 19.3. The summed E-state index contributed by atoms with van der Waals surface area (Å²) in [6, 6.07) is 21.9. The molecular weight excluding hydrogens is 422 g/mol. The maximum absolute atomic E-state index is 11.4. The molecule has 1 aliphatic rings. The molecule has 0 bridgehead atoms. The number of hydrogen-bond donors (Lipinski definition) is 2. The van der Waals surface area contributed by atoms with Crippen molar-refractivity contribution in [3.05, 3.63) is 82.4 Å². The van der Waals surface area contributed by atoms with Gasteiger partial charge in [0.1, 0.15) is 0 Å². The highest BCUT2D eigenvalue weighted by Crippen LogP contribution is 2.40. The number of para-hydroxylation sites is 1. The fraction of sp³-hybridized carbons (Fsp3) is 0.240. The molecule has 1 atom stereocenters. The molecule has 4 aromatic rings. The van der Waals surface area contributed by atoms with Crippen LogP contribution < -0.4 is 5.32 Å². The van der Waals surface area contributed by atoms with E-state index in [0.29, 0.717) is 0 Å². The Morgan fingerprint density at radius 1 is 1.16 bits per heavy atom. The number of nitrogens with zero attached hydrogens (tertiary/aromatic N) is 1. The van der Waals surface area contributed by atoms with Crippen LogP contribution in [0.15, 0.2) is 65.6 Å². The molecule has 0 saturated heterocycles. The highest BCUT2D eigenvalue weighted by atomic mass is 32.2. The summed E-state index contributed by atoms with van der Waals surface area (Å²) >= 11 is 3.43. The fourth-order valence-electron chi connectivity index (χ4n) is 4.53. The number of anilines is 1. The number of benzene rings is 2. The van der Waals surface area contributed by atoms with Gasteiger partial charge in [-0.05, 0) is 54.1 Å². The number of fused-ring (bicyclic) bond motifs is 3. The third kappa shape index (κ3) is 4.03. The Balaban J connectivity index is 1.53. The predicted molar refractivity (Wildman–Crippen MR) is 131 cm³/mol. The first-order chi connectivity index (χ1) is 15.1. The van der Waals surface area contributed by atoms with Crippen molar-refractivity contribution in [1.82, 2.24) is 9.88 Å². The third-order valence-electron chi connectivity index (χ3n) is 5.89. The van der Waals surface area contributed by atoms with Gasteiger partial charge in [-0.25, -0.2) is 0 Å². The molecule has 0 saturated carbocycles. The smallest absolute Gasteiger partial charge is 0.221 e. The Kier molecular flexibility index (Phi) is 5.61. The van der Waals surface area contributed by atoms with Crippen LogP contribution in [-0.2, 0) is 17.8 Å². The number of thioether (sulfide) groups is 1. The lowest BCUT2D eigenvalue weighted by molar-refractivity contribution is -0.114. The van der Waals surface area contributed by atoms with Crippen LogP contribution in [-0.4, -0.2) is 28.6 Å². The molecule has 6 heteroatoms. The Morgan fingerprint density at radius 3 is 2.74 bits per heavy atom. The van der Waals surface area contributed by atoms with Crippen molar-refractivity contribution in [2.24, 2.45) is 0 Å². The Hall–Kier alpha value is -2.54. The van der Waals surface area contributed by atoms with E-state index in [1.165, 1.54) is 37.5 Å². The lowest BCUT2D eigenvalue weighted by atomic mass is 9.92. The normalized spacial score (nSPS) is 16.4. The van der Waals surface area contributed by atoms with Crippen LogP contribution in [0.3, 0.4) is 0 Å². The molecule has 5 rings (SSSR count). The maximum atomic E-state index is 11.4. The predicted octanol–water partition coefficient (Wildman–Crippen LogP) is 6.06. The van der Waals surface area contributed by atoms with Gasteiger partial charge in [-0.1, -0.05) is 30.3 Å². The van der Waals surface area contributed by atoms with E-state index < -0.39 is 0 Å². The number of hydrogen-bond acceptors (Lipinski definition) is 4. The van der Waals surface area contributed by atoms with Crippen molar-refractivity contribution >= 4 is 44.9 Å². The van der Waals surface area contributed by atoms with Gasteiger partial charge in [0, 0.05) is 46.4 Å². The van der Waals surface area contributed by atoms with Crippen LogP contribution in [0.5, 0.6) is 0 Å². The topological polar surface area (TPSA) is 48.1 Å². The fourth-order valence-corrected chi connectivity index (χ4v) is 5.92. The van der Waals surface area contributed by atoms with E-state index in [4.69, 9.17) is 0 Å². The summed E-state index contributed by atoms with van der Waals surface area (Å²) in [5, 5.41) is 5.15. The number of H-pyrrole nitrogens is 1. The zero-order valence-electron chi connectivity index (χ0n) is 17.6. The van der Waals surface area contributed by atoms with Crippen LogP contribution in [0, 0.1) is 0 Å². The van der Waals surface area contributed by atoms with E-state index in [-0.39, 0.29) is 11.9 Å². The van der Waals surface area contributed by atoms with Crippen LogP contribution >= 0.6 is 23.1 Å². The number of carbonyl (C=O) groups excluding carboxylic acids is 1. The molecule has 158 valence electrons. The van der Waals surface area contributed by atoms with E-state index in [9.17, 15) is 4.79 Å². The van der Waals surface area contributed by atoms with Crippen molar-refractivity contribution in [3.8, 4) is 0 Å². The average molecular weight is 448 g/mol. The number of rotatable bonds is 5. The van der Waals surface area contributed by atoms with Gasteiger partial charge in [0.15, 0.2) is 0 Å². The van der Waals surface area contributed by atoms with E-state index in [1.54, 1.807) is 30.0 Å². The first-order valence-corrected chi connectivity index (χ1v) is 12.5. The van der Waals surface area contributed by atoms with E-state index in [2.05, 4.69) is 76.1 Å². The highest BCUT2D eigenvalue weighted by Gasteiger charge is 2.31. The van der Waals surface area contributed by atoms with Gasteiger partial charge in [-0.3, -0.25) is 9.69 Å². The summed E-state index contributed by atoms with van der Waals surface area (Å²) in [7, 11) is 0. The number of aromatic nitrogens is 1. The minimum Gasteiger partial charge on any atom is -0.357 e. The molecule has 2 aromatic heterocycles. The summed E-state index contributed by atoms with van der Waals surface area (Å²) < 4.78 is 0. The number of aromatic amines is 1. The lowest BCUT2D eigenvalue weighted by Gasteiger charge is -2.36. The first kappa shape index (κ1) is 20.4. The first-order valence-electron chi connectivity index (χ1n) is 10.5. The van der Waals surface area contributed by atoms with Crippen molar-refractivity contribution in [1.29, 1.82) is 0 Å². The summed E-state index contributed by atoms with van der Waals surface area (Å²) in [6.07, 6.45) is 3.14. The number of amides is 1. The minimum absolute atomic E-state index is 0.0270. The van der Waals surface area contributed by atoms with Gasteiger partial charge < -0.3 is 10.3 Å². The lowest BCUT2D eigenvalue weighted by Crippen LogP contribution is -2.35. The minimum atomic E-state index is -0.0270. The van der Waals surface area contributed by atoms with Gasteiger partial charge in [-0.2, -0.15) is 0 Å². The van der Waals surface area contributed by atoms with Crippen molar-refractivity contribution < 1.29 is 4.79 Å². The molecule has 4 nitrogen and oxygen atoms in total. The van der Waals surface area contributed by atoms with Crippen molar-refractivity contribution in [2.45, 2.75) is 30.8 Å². The maximum Gasteiger partial charge on any atom is 0.221 e. The molecule has 0 fully saturated rings. The van der Waals surface area contributed by atoms with Crippen LogP contribution in [0.4, 0.5) is 5.00 Å². The molecule has 2 aromatic carbocycles. The SMILES string of the molecule is CSc1ccc(C2c3[nH]c4ccccc4c3CCN2Cc2ccc(NC(C)=O)s2)cc1. The van der Waals surface area contributed by atoms with Crippen molar-refractivity contribution in [3.63, 3.8) is 0 Å². The second kappa shape index (κ2) is 8.54. The molecule has 3 heterocycles. The number of carbonyl (C=O) groups is 1. The number of nitrogens with one attached hydrogen (secondary N) is 2. The molecule has 0 aliphatic carbocycles. The van der Waals surface area contributed by atoms with Gasteiger partial charge in [0.05, 0.1) is 11.0 Å². The second-order valence-corrected chi connectivity index (χ2v) is 9.95. The molecular formula is C25H25N3OS2. The number of thiophene rings is 1. The molecule has 0 spiro atoms. The van der Waals surface area contributed by atoms with Crippen LogP contribution in [0.25, 0.3) is 10.9 Å². The average Bonchev–Trinajstić information content (AvgIpc) is 3.37. The van der Waals surface area contributed by atoms with Crippen LogP contribution in [0.2, 0.25) is 0 Å². The highest BCUT2D eigenvalue weighted by molar-refractivity contribution is 7.98. The third-order valence-corrected chi connectivity index (χ3v) is 7.61. The van der Waals surface area contributed by atoms with Gasteiger partial charge in [0.25, 0.3) is 0 Å². The standard InChI is InChI=1S/C25H25N3OS2/c1-16(29)26-23-12-11-19(31-23)15-28-14-13-21-20-5-3-4-6-22(20)27-24(21)25(28)17-7-9-18(30-2)10-8-17/h3-12,25,27H,13-15H2,1-2H3,(H,26,29). The molecule has 1 amide bonds. The molecule has 1 unspecified atom stereocenters. The summed E-state index contributed by atoms with van der Waals surface area (Å²) in [6.45, 7) is 3.40. The monoisotopic (exact) mass is 447 g/mol. The van der Waals surface area contributed by atoms with Gasteiger partial charge >= 0.3 is 0 Å². The zero-order chi connectivity index (χ0) is 21.4. The summed E-state index contributed by atoms with van der Waals surface area (Å²) in [5.74, 6) is -0.0270. The van der Waals surface area contributed by atoms with E-state index in [0.717, 1.165) is 24.5 Å². The molecule has 0 radical (unpaired) electrons. The Labute approximate surface area is 190 Å². The van der Waals surface area contributed by atoms with Gasteiger partial charge in [0.2, 0.25) is 5.91 Å². The molecule has 1 aliphatic heterocycles. The van der Waals surface area contributed by atoms with E-state index in [1.807, 2.05) is 6.07 Å². The summed E-state index contributed by atoms with van der Waals surface area (Å²) in [5.41, 5.74) is 5.27. The largest absolute Gasteiger partial charge is 0.357 e. The quantitative estimate of drug-likeness (QED) is 0.366. The second-order valence-electron chi connectivity index (χ2n) is 7.91. The molecule has 31 heavy (non-hydrogen) atoms. The Morgan fingerprint density at radius 2 is 1.97 bits per heavy atom. The summed E-state index contributed by atoms with van der Waals surface area (Å²) in [4.78, 5) is 20.2. The van der Waals surface area contributed by atoms with Crippen molar-refractivity contribution in [2.75, 3.05) is 18.1 Å². The van der Waals surface area contributed by atoms with E-state index >= 15 is 0 Å².